The minimum Gasteiger partial charge on any atom is -0.389 e. The lowest BCUT2D eigenvalue weighted by Gasteiger charge is -2.25. The quantitative estimate of drug-likeness (QED) is 0.856. The van der Waals surface area contributed by atoms with Crippen molar-refractivity contribution in [1.82, 2.24) is 9.21 Å². The summed E-state index contributed by atoms with van der Waals surface area (Å²) in [5, 5.41) is 9.78. The standard InChI is InChI=1S/C14H24N2O3S/c1-14(2,17)11-16(5)10-12-7-6-8-13(9-12)20(18,19)15(3)4/h6-9,17H,10-11H2,1-5H3. The first-order valence-electron chi connectivity index (χ1n) is 6.45. The molecule has 0 amide bonds. The van der Waals surface area contributed by atoms with Crippen LogP contribution in [0.25, 0.3) is 0 Å². The summed E-state index contributed by atoms with van der Waals surface area (Å²) in [6.07, 6.45) is 0. The van der Waals surface area contributed by atoms with Crippen LogP contribution in [0.1, 0.15) is 19.4 Å². The summed E-state index contributed by atoms with van der Waals surface area (Å²) in [4.78, 5) is 2.25. The normalized spacial score (nSPS) is 13.2. The van der Waals surface area contributed by atoms with E-state index in [1.54, 1.807) is 32.0 Å². The molecule has 6 heteroatoms. The highest BCUT2D eigenvalue weighted by atomic mass is 32.2. The second-order valence-corrected chi connectivity index (χ2v) is 8.07. The molecule has 1 rings (SSSR count). The molecule has 0 heterocycles. The number of nitrogens with zero attached hydrogens (tertiary/aromatic N) is 2. The lowest BCUT2D eigenvalue weighted by atomic mass is 10.1. The lowest BCUT2D eigenvalue weighted by molar-refractivity contribution is 0.0424. The minimum atomic E-state index is -3.40. The Hall–Kier alpha value is -0.950. The summed E-state index contributed by atoms with van der Waals surface area (Å²) in [6.45, 7) is 4.59. The summed E-state index contributed by atoms with van der Waals surface area (Å²) in [5.41, 5.74) is 0.127. The van der Waals surface area contributed by atoms with Gasteiger partial charge in [-0.15, -0.1) is 0 Å². The van der Waals surface area contributed by atoms with Gasteiger partial charge in [0.1, 0.15) is 0 Å². The smallest absolute Gasteiger partial charge is 0.242 e. The topological polar surface area (TPSA) is 60.9 Å². The highest BCUT2D eigenvalue weighted by Gasteiger charge is 2.19. The van der Waals surface area contributed by atoms with Gasteiger partial charge < -0.3 is 5.11 Å². The van der Waals surface area contributed by atoms with Gasteiger partial charge in [0.25, 0.3) is 0 Å². The zero-order valence-corrected chi connectivity index (χ0v) is 13.6. The van der Waals surface area contributed by atoms with Gasteiger partial charge in [0.05, 0.1) is 10.5 Å². The monoisotopic (exact) mass is 300 g/mol. The van der Waals surface area contributed by atoms with Crippen molar-refractivity contribution >= 4 is 10.0 Å². The zero-order chi connectivity index (χ0) is 15.6. The molecule has 0 unspecified atom stereocenters. The molecule has 0 saturated heterocycles. The van der Waals surface area contributed by atoms with Crippen LogP contribution in [0, 0.1) is 0 Å². The largest absolute Gasteiger partial charge is 0.389 e. The number of likely N-dealkylation sites (N-methyl/N-ethyl adjacent to an activating group) is 1. The molecule has 0 aliphatic carbocycles. The third kappa shape index (κ3) is 4.86. The average Bonchev–Trinajstić information content (AvgIpc) is 2.26. The van der Waals surface area contributed by atoms with Gasteiger partial charge in [-0.05, 0) is 38.6 Å². The Bertz CT molecular complexity index is 548. The SMILES string of the molecule is CN(Cc1cccc(S(=O)(=O)N(C)C)c1)CC(C)(C)O. The molecule has 1 aromatic carbocycles. The Morgan fingerprint density at radius 1 is 1.20 bits per heavy atom. The number of hydrogen-bond acceptors (Lipinski definition) is 4. The van der Waals surface area contributed by atoms with Crippen LogP contribution in [0.4, 0.5) is 0 Å². The van der Waals surface area contributed by atoms with Crippen molar-refractivity contribution < 1.29 is 13.5 Å². The Morgan fingerprint density at radius 3 is 2.30 bits per heavy atom. The number of rotatable bonds is 6. The summed E-state index contributed by atoms with van der Waals surface area (Å²) >= 11 is 0. The molecule has 1 N–H and O–H groups in total. The van der Waals surface area contributed by atoms with Crippen LogP contribution in [0.2, 0.25) is 0 Å². The Labute approximate surface area is 121 Å². The van der Waals surface area contributed by atoms with E-state index >= 15 is 0 Å². The van der Waals surface area contributed by atoms with Gasteiger partial charge in [0.2, 0.25) is 10.0 Å². The highest BCUT2D eigenvalue weighted by Crippen LogP contribution is 2.16. The van der Waals surface area contributed by atoms with E-state index in [0.717, 1.165) is 5.56 Å². The first-order chi connectivity index (χ1) is 9.02. The predicted octanol–water partition coefficient (Wildman–Crippen LogP) is 1.14. The molecule has 0 saturated carbocycles. The van der Waals surface area contributed by atoms with Crippen molar-refractivity contribution in [2.75, 3.05) is 27.7 Å². The van der Waals surface area contributed by atoms with Crippen LogP contribution in [0.15, 0.2) is 29.2 Å². The molecule has 0 spiro atoms. The fourth-order valence-corrected chi connectivity index (χ4v) is 3.02. The van der Waals surface area contributed by atoms with E-state index in [4.69, 9.17) is 0 Å². The van der Waals surface area contributed by atoms with Crippen molar-refractivity contribution in [1.29, 1.82) is 0 Å². The van der Waals surface area contributed by atoms with Gasteiger partial charge in [-0.3, -0.25) is 4.90 Å². The molecule has 1 aromatic rings. The predicted molar refractivity (Wildman–Crippen MR) is 79.9 cm³/mol. The highest BCUT2D eigenvalue weighted by molar-refractivity contribution is 7.89. The van der Waals surface area contributed by atoms with Gasteiger partial charge in [0, 0.05) is 27.2 Å². The van der Waals surface area contributed by atoms with Gasteiger partial charge in [-0.1, -0.05) is 12.1 Å². The lowest BCUT2D eigenvalue weighted by Crippen LogP contribution is -2.35. The van der Waals surface area contributed by atoms with Crippen molar-refractivity contribution in [3.05, 3.63) is 29.8 Å². The van der Waals surface area contributed by atoms with Gasteiger partial charge in [0.15, 0.2) is 0 Å². The molecule has 5 nitrogen and oxygen atoms in total. The Balaban J connectivity index is 2.90. The van der Waals surface area contributed by atoms with Crippen molar-refractivity contribution in [3.63, 3.8) is 0 Å². The van der Waals surface area contributed by atoms with E-state index in [-0.39, 0.29) is 4.90 Å². The molecule has 0 fully saturated rings. The molecule has 0 atom stereocenters. The summed E-state index contributed by atoms with van der Waals surface area (Å²) in [5.74, 6) is 0. The van der Waals surface area contributed by atoms with Crippen molar-refractivity contribution in [2.45, 2.75) is 30.9 Å². The number of benzene rings is 1. The van der Waals surface area contributed by atoms with Crippen LogP contribution in [0.5, 0.6) is 0 Å². The van der Waals surface area contributed by atoms with E-state index in [1.807, 2.05) is 18.0 Å². The maximum absolute atomic E-state index is 12.1. The molecule has 0 bridgehead atoms. The van der Waals surface area contributed by atoms with E-state index < -0.39 is 15.6 Å². The fraction of sp³-hybridized carbons (Fsp3) is 0.571. The summed E-state index contributed by atoms with van der Waals surface area (Å²) < 4.78 is 25.3. The fourth-order valence-electron chi connectivity index (χ4n) is 2.04. The van der Waals surface area contributed by atoms with E-state index in [9.17, 15) is 13.5 Å². The van der Waals surface area contributed by atoms with Crippen LogP contribution in [0.3, 0.4) is 0 Å². The van der Waals surface area contributed by atoms with Crippen LogP contribution < -0.4 is 0 Å². The number of hydrogen-bond donors (Lipinski definition) is 1. The summed E-state index contributed by atoms with van der Waals surface area (Å²) in [7, 11) is 1.52. The zero-order valence-electron chi connectivity index (χ0n) is 12.8. The number of aliphatic hydroxyl groups is 1. The van der Waals surface area contributed by atoms with E-state index in [0.29, 0.717) is 13.1 Å². The molecular weight excluding hydrogens is 276 g/mol. The number of sulfonamides is 1. The van der Waals surface area contributed by atoms with E-state index in [2.05, 4.69) is 0 Å². The Morgan fingerprint density at radius 2 is 1.80 bits per heavy atom. The first kappa shape index (κ1) is 17.1. The third-order valence-electron chi connectivity index (χ3n) is 2.79. The van der Waals surface area contributed by atoms with Crippen molar-refractivity contribution in [3.8, 4) is 0 Å². The average molecular weight is 300 g/mol. The second kappa shape index (κ2) is 6.22. The minimum absolute atomic E-state index is 0.289. The van der Waals surface area contributed by atoms with Crippen LogP contribution >= 0.6 is 0 Å². The molecule has 0 aromatic heterocycles. The van der Waals surface area contributed by atoms with E-state index in [1.165, 1.54) is 18.4 Å². The van der Waals surface area contributed by atoms with Gasteiger partial charge in [-0.2, -0.15) is 0 Å². The maximum atomic E-state index is 12.1. The molecule has 0 aliphatic heterocycles. The van der Waals surface area contributed by atoms with Gasteiger partial charge >= 0.3 is 0 Å². The second-order valence-electron chi connectivity index (χ2n) is 5.92. The van der Waals surface area contributed by atoms with Crippen molar-refractivity contribution in [2.24, 2.45) is 0 Å². The van der Waals surface area contributed by atoms with Gasteiger partial charge in [-0.25, -0.2) is 12.7 Å². The first-order valence-corrected chi connectivity index (χ1v) is 7.89. The molecule has 0 aliphatic rings. The van der Waals surface area contributed by atoms with Crippen LogP contribution in [-0.4, -0.2) is 56.0 Å². The molecular formula is C14H24N2O3S. The van der Waals surface area contributed by atoms with Crippen LogP contribution in [-0.2, 0) is 16.6 Å². The molecule has 20 heavy (non-hydrogen) atoms. The molecule has 0 radical (unpaired) electrons. The summed E-state index contributed by atoms with van der Waals surface area (Å²) in [6, 6.07) is 6.89. The Kier molecular flexibility index (Phi) is 5.32. The molecule has 114 valence electrons. The maximum Gasteiger partial charge on any atom is 0.242 e. The third-order valence-corrected chi connectivity index (χ3v) is 4.60.